The highest BCUT2D eigenvalue weighted by atomic mass is 35.5. The first-order valence-electron chi connectivity index (χ1n) is 26.9. The van der Waals surface area contributed by atoms with Gasteiger partial charge in [-0.1, -0.05) is 119 Å². The second-order valence-corrected chi connectivity index (χ2v) is 22.0. The van der Waals surface area contributed by atoms with Crippen LogP contribution in [0.5, 0.6) is 0 Å². The molecule has 3 heterocycles. The summed E-state index contributed by atoms with van der Waals surface area (Å²) in [6.45, 7) is 9.30. The number of nitro groups is 2. The molecule has 24 nitrogen and oxygen atoms in total. The Hall–Kier alpha value is -7.73. The van der Waals surface area contributed by atoms with Crippen molar-refractivity contribution in [1.29, 1.82) is 0 Å². The maximum atomic E-state index is 15.9. The number of nitrogens with zero attached hydrogens (tertiary/aromatic N) is 5. The molecule has 0 spiro atoms. The average Bonchev–Trinajstić information content (AvgIpc) is 4.42. The number of amides is 8. The van der Waals surface area contributed by atoms with Crippen molar-refractivity contribution in [3.63, 3.8) is 0 Å². The molecule has 1 aromatic heterocycles. The van der Waals surface area contributed by atoms with Gasteiger partial charge in [0.15, 0.2) is 0 Å². The number of aliphatic hydroxyl groups excluding tert-OH is 1. The molecule has 430 valence electrons. The summed E-state index contributed by atoms with van der Waals surface area (Å²) in [7, 11) is 0. The molecule has 2 aliphatic carbocycles. The molecule has 0 radical (unpaired) electrons. The van der Waals surface area contributed by atoms with Crippen LogP contribution < -0.4 is 26.6 Å². The highest BCUT2D eigenvalue weighted by Crippen LogP contribution is 2.39. The molecule has 7 rings (SSSR count). The van der Waals surface area contributed by atoms with Crippen LogP contribution in [0.2, 0.25) is 5.15 Å². The minimum absolute atomic E-state index is 0.0482. The quantitative estimate of drug-likeness (QED) is 0.0442. The number of carbonyl (C=O) groups excluding carboxylic acids is 8. The summed E-state index contributed by atoms with van der Waals surface area (Å²) in [6.07, 6.45) is 0.751. The zero-order chi connectivity index (χ0) is 58.4. The number of allylic oxidation sites excluding steroid dienone is 1. The number of halogens is 1. The zero-order valence-electron chi connectivity index (χ0n) is 45.2. The summed E-state index contributed by atoms with van der Waals surface area (Å²) in [5.41, 5.74) is 0.565. The fraction of sp³-hybridized carbons (Fsp3) is 0.527. The largest absolute Gasteiger partial charge is 0.427 e. The van der Waals surface area contributed by atoms with E-state index in [0.29, 0.717) is 20.8 Å². The molecular weight excluding hydrogens is 1060 g/mol. The number of imide groups is 1. The molecule has 80 heavy (non-hydrogen) atoms. The molecule has 7 N–H and O–H groups in total. The van der Waals surface area contributed by atoms with Crippen molar-refractivity contribution in [2.45, 2.75) is 152 Å². The zero-order valence-corrected chi connectivity index (χ0v) is 45.9. The van der Waals surface area contributed by atoms with Gasteiger partial charge < -0.3 is 41.8 Å². The highest BCUT2D eigenvalue weighted by Gasteiger charge is 2.55. The molecule has 4 fully saturated rings. The Labute approximate surface area is 466 Å². The summed E-state index contributed by atoms with van der Waals surface area (Å²) < 4.78 is 0.308. The van der Waals surface area contributed by atoms with Crippen LogP contribution in [-0.2, 0) is 33.6 Å². The van der Waals surface area contributed by atoms with Gasteiger partial charge in [0, 0.05) is 52.9 Å². The second kappa shape index (κ2) is 25.6. The van der Waals surface area contributed by atoms with Crippen molar-refractivity contribution in [1.82, 2.24) is 41.1 Å². The van der Waals surface area contributed by atoms with Crippen LogP contribution in [0.15, 0.2) is 84.9 Å². The van der Waals surface area contributed by atoms with E-state index in [1.807, 2.05) is 0 Å². The summed E-state index contributed by atoms with van der Waals surface area (Å²) >= 11 is 6.04. The topological polar surface area (TPSA) is 335 Å². The van der Waals surface area contributed by atoms with Gasteiger partial charge in [0.05, 0.1) is 6.10 Å². The first kappa shape index (κ1) is 59.9. The van der Waals surface area contributed by atoms with Crippen molar-refractivity contribution < 1.29 is 58.5 Å². The third-order valence-corrected chi connectivity index (χ3v) is 16.4. The minimum atomic E-state index is -2.29. The van der Waals surface area contributed by atoms with Crippen LogP contribution in [-0.4, -0.2) is 149 Å². The summed E-state index contributed by atoms with van der Waals surface area (Å²) in [6, 6.07) is 5.01. The second-order valence-electron chi connectivity index (χ2n) is 21.6. The Morgan fingerprint density at radius 3 is 1.79 bits per heavy atom. The molecule has 16 atom stereocenters. The smallest absolute Gasteiger partial charge is 0.272 e. The van der Waals surface area contributed by atoms with E-state index in [4.69, 9.17) is 11.6 Å². The number of nitrogens with one attached hydrogen (secondary N) is 5. The summed E-state index contributed by atoms with van der Waals surface area (Å²) in [5.74, 6) is -13.2. The van der Waals surface area contributed by atoms with Crippen molar-refractivity contribution in [3.8, 4) is 0 Å². The lowest BCUT2D eigenvalue weighted by molar-refractivity contribution is -0.498. The molecule has 2 saturated heterocycles. The van der Waals surface area contributed by atoms with Gasteiger partial charge in [0.25, 0.3) is 17.7 Å². The number of hydrogen-bond donors (Lipinski definition) is 7. The predicted octanol–water partition coefficient (Wildman–Crippen LogP) is 3.09. The number of hydrogen-bond acceptors (Lipinski definition) is 14. The van der Waals surface area contributed by atoms with E-state index < -0.39 is 165 Å². The van der Waals surface area contributed by atoms with Crippen LogP contribution in [0.25, 0.3) is 0 Å². The lowest BCUT2D eigenvalue weighted by Gasteiger charge is -2.39. The fourth-order valence-electron chi connectivity index (χ4n) is 11.0. The monoisotopic (exact) mass is 1130 g/mol. The van der Waals surface area contributed by atoms with Gasteiger partial charge in [-0.3, -0.25) is 63.5 Å². The summed E-state index contributed by atoms with van der Waals surface area (Å²) in [5, 5.41) is 59.6. The molecule has 2 saturated carbocycles. The number of rotatable bonds is 17. The van der Waals surface area contributed by atoms with E-state index in [9.17, 15) is 40.1 Å². The van der Waals surface area contributed by atoms with Crippen molar-refractivity contribution >= 4 is 58.9 Å². The number of fused-ring (bicyclic) bond motifs is 1. The lowest BCUT2D eigenvalue weighted by Crippen LogP contribution is -2.67. The molecule has 2 aromatic carbocycles. The Morgan fingerprint density at radius 1 is 0.750 bits per heavy atom. The van der Waals surface area contributed by atoms with Crippen LogP contribution >= 0.6 is 11.6 Å². The number of carbonyl (C=O) groups is 8. The Bertz CT molecular complexity index is 2870. The van der Waals surface area contributed by atoms with E-state index in [2.05, 4.69) is 26.6 Å². The maximum absolute atomic E-state index is 15.9. The van der Waals surface area contributed by atoms with Crippen LogP contribution in [0.3, 0.4) is 0 Å². The number of benzene rings is 2. The third-order valence-electron chi connectivity index (χ3n) is 16.1. The van der Waals surface area contributed by atoms with Gasteiger partial charge in [-0.05, 0) is 68.2 Å². The molecule has 8 amide bonds. The molecule has 16 unspecified atom stereocenters. The first-order valence-corrected chi connectivity index (χ1v) is 27.3. The van der Waals surface area contributed by atoms with Crippen molar-refractivity contribution in [2.24, 2.45) is 23.7 Å². The fourth-order valence-corrected chi connectivity index (χ4v) is 11.1. The third kappa shape index (κ3) is 13.5. The van der Waals surface area contributed by atoms with Crippen molar-refractivity contribution in [2.75, 3.05) is 6.54 Å². The number of aromatic nitrogens is 1. The van der Waals surface area contributed by atoms with Crippen LogP contribution in [0, 0.1) is 43.9 Å². The standard InChI is InChI=1S/C55H69ClN10O14/c1-7-15-32-22-42-54(74)63(53(73)38(24-36-26-41(36)66(79)80)58-49(69)39-20-21-43(56)64(39)76)47(31(6)67)52(72)61-45(29(4)33-16-11-9-12-17-33)50(70)57-37(23-35-25-40(35)65(77)78)48(68)60-46(30(5)34-18-13-10-14-19-34)51(71)59-44(28(3)8-2)55(75)62(42)27-32/h7,9-21,28-32,35-38,40-42,44-47,67,76H,8,22-27H2,1-6H3,(H,57,70)(H,58,69)(H,59,71)(H,60,68)(H,61,72)/b15-7-. The molecule has 25 heteroatoms. The van der Waals surface area contributed by atoms with E-state index >= 15 is 28.8 Å². The summed E-state index contributed by atoms with van der Waals surface area (Å²) in [4.78, 5) is 146. The van der Waals surface area contributed by atoms with Gasteiger partial charge >= 0.3 is 0 Å². The van der Waals surface area contributed by atoms with E-state index in [0.717, 1.165) is 13.0 Å². The lowest BCUT2D eigenvalue weighted by atomic mass is 9.90. The Morgan fingerprint density at radius 2 is 1.29 bits per heavy atom. The molecule has 4 aliphatic rings. The molecule has 0 bridgehead atoms. The maximum Gasteiger partial charge on any atom is 0.272 e. The van der Waals surface area contributed by atoms with E-state index in [-0.39, 0.29) is 43.8 Å². The van der Waals surface area contributed by atoms with Crippen LogP contribution in [0.4, 0.5) is 0 Å². The normalized spacial score (nSPS) is 28.6. The minimum Gasteiger partial charge on any atom is -0.427 e. The predicted molar refractivity (Wildman–Crippen MR) is 288 cm³/mol. The molecular formula is C55H69ClN10O14. The first-order chi connectivity index (χ1) is 38.0. The van der Waals surface area contributed by atoms with Gasteiger partial charge in [0.2, 0.25) is 41.6 Å². The molecule has 2 aliphatic heterocycles. The van der Waals surface area contributed by atoms with E-state index in [1.54, 1.807) is 107 Å². The van der Waals surface area contributed by atoms with Gasteiger partial charge in [-0.15, -0.1) is 0 Å². The Balaban J connectivity index is 1.42. The van der Waals surface area contributed by atoms with Gasteiger partial charge in [-0.25, -0.2) is 0 Å². The Kier molecular flexibility index (Phi) is 19.2. The average molecular weight is 1130 g/mol. The number of aliphatic hydroxyl groups is 1. The molecule has 3 aromatic rings. The van der Waals surface area contributed by atoms with Crippen molar-refractivity contribution in [3.05, 3.63) is 127 Å². The van der Waals surface area contributed by atoms with Gasteiger partial charge in [-0.2, -0.15) is 4.73 Å². The highest BCUT2D eigenvalue weighted by molar-refractivity contribution is 6.30. The van der Waals surface area contributed by atoms with Crippen LogP contribution in [0.1, 0.15) is 114 Å². The van der Waals surface area contributed by atoms with E-state index in [1.165, 1.54) is 11.0 Å². The van der Waals surface area contributed by atoms with Gasteiger partial charge in [0.1, 0.15) is 53.1 Å². The SMILES string of the molecule is C/C=C\C1CC2C(=O)N(C(=O)C(CC3CC3[N+](=O)[O-])NC(=O)c3ccc(Cl)n3O)C(C(C)O)C(=O)NC(C(C)c3ccccc3)C(=O)NC(CC3CC3[N+](=O)[O-])C(=O)NC(C(C)c3ccccc3)C(=O)NC(C(C)CC)C(=O)N2C1.